The number of nitrogen functional groups attached to an aromatic ring is 1. The van der Waals surface area contributed by atoms with Crippen molar-refractivity contribution in [2.45, 2.75) is 6.61 Å². The van der Waals surface area contributed by atoms with Crippen LogP contribution in [0.1, 0.15) is 5.82 Å². The number of aromatic amines is 1. The van der Waals surface area contributed by atoms with Gasteiger partial charge in [0, 0.05) is 6.07 Å². The van der Waals surface area contributed by atoms with Gasteiger partial charge in [0.05, 0.1) is 13.3 Å². The maximum absolute atomic E-state index is 5.52. The Morgan fingerprint density at radius 3 is 2.88 bits per heavy atom. The van der Waals surface area contributed by atoms with Crippen molar-refractivity contribution in [3.63, 3.8) is 0 Å². The minimum absolute atomic E-state index is 0.352. The van der Waals surface area contributed by atoms with Crippen molar-refractivity contribution in [2.24, 2.45) is 0 Å². The number of methoxy groups -OCH3 is 1. The molecule has 1 aromatic heterocycles. The lowest BCUT2D eigenvalue weighted by Crippen LogP contribution is -1.98. The molecule has 84 valence electrons. The summed E-state index contributed by atoms with van der Waals surface area (Å²) in [6.45, 7) is 0.352. The molecule has 3 N–H and O–H groups in total. The van der Waals surface area contributed by atoms with Crippen molar-refractivity contribution in [1.29, 1.82) is 0 Å². The largest absolute Gasteiger partial charge is 0.497 e. The molecule has 5 heteroatoms. The summed E-state index contributed by atoms with van der Waals surface area (Å²) in [6, 6.07) is 7.39. The molecule has 1 aromatic carbocycles. The number of nitrogens with two attached hydrogens (primary N) is 1. The summed E-state index contributed by atoms with van der Waals surface area (Å²) in [6.07, 6.45) is 1.56. The number of nitrogens with one attached hydrogen (secondary N) is 1. The van der Waals surface area contributed by atoms with Crippen LogP contribution in [-0.2, 0) is 6.61 Å². The van der Waals surface area contributed by atoms with Crippen LogP contribution in [0, 0.1) is 0 Å². The molecule has 1 heterocycles. The number of H-pyrrole nitrogens is 1. The van der Waals surface area contributed by atoms with Gasteiger partial charge < -0.3 is 20.2 Å². The minimum Gasteiger partial charge on any atom is -0.497 e. The van der Waals surface area contributed by atoms with Crippen molar-refractivity contribution < 1.29 is 9.47 Å². The lowest BCUT2D eigenvalue weighted by atomic mass is 10.3. The first-order chi connectivity index (χ1) is 7.78. The van der Waals surface area contributed by atoms with E-state index in [1.807, 2.05) is 24.3 Å². The van der Waals surface area contributed by atoms with Gasteiger partial charge >= 0.3 is 0 Å². The fourth-order valence-corrected chi connectivity index (χ4v) is 1.29. The van der Waals surface area contributed by atoms with Crippen molar-refractivity contribution in [1.82, 2.24) is 9.97 Å². The Labute approximate surface area is 93.2 Å². The number of anilines is 1. The second-order valence-corrected chi connectivity index (χ2v) is 3.25. The summed E-state index contributed by atoms with van der Waals surface area (Å²) >= 11 is 0. The molecule has 2 aromatic rings. The van der Waals surface area contributed by atoms with Gasteiger partial charge in [-0.3, -0.25) is 0 Å². The molecule has 0 amide bonds. The summed E-state index contributed by atoms with van der Waals surface area (Å²) in [5.74, 6) is 2.72. The van der Waals surface area contributed by atoms with E-state index in [-0.39, 0.29) is 0 Å². The normalized spacial score (nSPS) is 10.1. The molecule has 0 aliphatic carbocycles. The molecule has 0 radical (unpaired) electrons. The predicted octanol–water partition coefficient (Wildman–Crippen LogP) is 1.58. The Morgan fingerprint density at radius 2 is 2.19 bits per heavy atom. The number of hydrogen-bond donors (Lipinski definition) is 2. The molecule has 0 saturated carbocycles. The van der Waals surface area contributed by atoms with E-state index in [0.29, 0.717) is 18.2 Å². The highest BCUT2D eigenvalue weighted by Gasteiger charge is 2.00. The zero-order valence-electron chi connectivity index (χ0n) is 8.93. The second kappa shape index (κ2) is 4.57. The van der Waals surface area contributed by atoms with Gasteiger partial charge in [0.15, 0.2) is 0 Å². The molecule has 16 heavy (non-hydrogen) atoms. The zero-order valence-corrected chi connectivity index (χ0v) is 8.93. The van der Waals surface area contributed by atoms with Crippen LogP contribution < -0.4 is 15.2 Å². The van der Waals surface area contributed by atoms with Crippen LogP contribution in [-0.4, -0.2) is 17.1 Å². The highest BCUT2D eigenvalue weighted by molar-refractivity contribution is 5.33. The van der Waals surface area contributed by atoms with Gasteiger partial charge in [0.2, 0.25) is 0 Å². The number of nitrogens with zero attached hydrogens (tertiary/aromatic N) is 1. The molecule has 0 atom stereocenters. The summed E-state index contributed by atoms with van der Waals surface area (Å²) in [4.78, 5) is 6.92. The molecule has 0 aliphatic heterocycles. The molecule has 0 bridgehead atoms. The van der Waals surface area contributed by atoms with Crippen LogP contribution in [0.15, 0.2) is 30.5 Å². The number of ether oxygens (including phenoxy) is 2. The van der Waals surface area contributed by atoms with Gasteiger partial charge in [0.1, 0.15) is 29.7 Å². The van der Waals surface area contributed by atoms with Crippen LogP contribution in [0.3, 0.4) is 0 Å². The SMILES string of the molecule is COc1cccc(OCc2ncc(N)[nH]2)c1. The quantitative estimate of drug-likeness (QED) is 0.818. The first-order valence-corrected chi connectivity index (χ1v) is 4.84. The summed E-state index contributed by atoms with van der Waals surface area (Å²) in [7, 11) is 1.62. The highest BCUT2D eigenvalue weighted by Crippen LogP contribution is 2.19. The van der Waals surface area contributed by atoms with Crippen molar-refractivity contribution in [2.75, 3.05) is 12.8 Å². The standard InChI is InChI=1S/C11H13N3O2/c1-15-8-3-2-4-9(5-8)16-7-11-13-6-10(12)14-11/h2-6H,7,12H2,1H3,(H,13,14). The lowest BCUT2D eigenvalue weighted by molar-refractivity contribution is 0.295. The number of rotatable bonds is 4. The molecule has 0 fully saturated rings. The zero-order chi connectivity index (χ0) is 11.4. The van der Waals surface area contributed by atoms with Gasteiger partial charge in [-0.05, 0) is 12.1 Å². The Hall–Kier alpha value is -2.17. The number of hydrogen-bond acceptors (Lipinski definition) is 4. The van der Waals surface area contributed by atoms with Gasteiger partial charge in [-0.15, -0.1) is 0 Å². The average Bonchev–Trinajstić information content (AvgIpc) is 2.73. The molecule has 2 rings (SSSR count). The predicted molar refractivity (Wildman–Crippen MR) is 60.3 cm³/mol. The maximum atomic E-state index is 5.52. The molecule has 5 nitrogen and oxygen atoms in total. The van der Waals surface area contributed by atoms with Crippen LogP contribution in [0.2, 0.25) is 0 Å². The van der Waals surface area contributed by atoms with Crippen LogP contribution >= 0.6 is 0 Å². The van der Waals surface area contributed by atoms with E-state index in [9.17, 15) is 0 Å². The molecule has 0 unspecified atom stereocenters. The summed E-state index contributed by atoms with van der Waals surface area (Å²) < 4.78 is 10.6. The van der Waals surface area contributed by atoms with Crippen molar-refractivity contribution >= 4 is 5.82 Å². The van der Waals surface area contributed by atoms with E-state index < -0.39 is 0 Å². The minimum atomic E-state index is 0.352. The van der Waals surface area contributed by atoms with Gasteiger partial charge in [-0.25, -0.2) is 4.98 Å². The van der Waals surface area contributed by atoms with E-state index in [1.165, 1.54) is 0 Å². The fraction of sp³-hybridized carbons (Fsp3) is 0.182. The van der Waals surface area contributed by atoms with E-state index >= 15 is 0 Å². The molecule has 0 saturated heterocycles. The Kier molecular flexibility index (Phi) is 2.95. The Balaban J connectivity index is 1.99. The van der Waals surface area contributed by atoms with E-state index in [2.05, 4.69) is 9.97 Å². The van der Waals surface area contributed by atoms with Gasteiger partial charge in [0.25, 0.3) is 0 Å². The smallest absolute Gasteiger partial charge is 0.146 e. The highest BCUT2D eigenvalue weighted by atomic mass is 16.5. The maximum Gasteiger partial charge on any atom is 0.146 e. The topological polar surface area (TPSA) is 73.2 Å². The average molecular weight is 219 g/mol. The third-order valence-corrected chi connectivity index (χ3v) is 2.06. The first kappa shape index (κ1) is 10.4. The van der Waals surface area contributed by atoms with Crippen molar-refractivity contribution in [3.8, 4) is 11.5 Å². The summed E-state index contributed by atoms with van der Waals surface area (Å²) in [5.41, 5.74) is 5.50. The van der Waals surface area contributed by atoms with Crippen LogP contribution in [0.5, 0.6) is 11.5 Å². The third kappa shape index (κ3) is 2.44. The Bertz CT molecular complexity index is 468. The van der Waals surface area contributed by atoms with Crippen LogP contribution in [0.25, 0.3) is 0 Å². The Morgan fingerprint density at radius 1 is 1.38 bits per heavy atom. The number of aromatic nitrogens is 2. The van der Waals surface area contributed by atoms with Crippen molar-refractivity contribution in [3.05, 3.63) is 36.3 Å². The third-order valence-electron chi connectivity index (χ3n) is 2.06. The van der Waals surface area contributed by atoms with E-state index in [0.717, 1.165) is 11.5 Å². The van der Waals surface area contributed by atoms with E-state index in [4.69, 9.17) is 15.2 Å². The molecular weight excluding hydrogens is 206 g/mol. The monoisotopic (exact) mass is 219 g/mol. The first-order valence-electron chi connectivity index (χ1n) is 4.84. The lowest BCUT2D eigenvalue weighted by Gasteiger charge is -2.05. The molecule has 0 spiro atoms. The van der Waals surface area contributed by atoms with E-state index in [1.54, 1.807) is 13.3 Å². The van der Waals surface area contributed by atoms with Gasteiger partial charge in [-0.2, -0.15) is 0 Å². The van der Waals surface area contributed by atoms with Gasteiger partial charge in [-0.1, -0.05) is 6.07 Å². The summed E-state index contributed by atoms with van der Waals surface area (Å²) in [5, 5.41) is 0. The van der Waals surface area contributed by atoms with Crippen LogP contribution in [0.4, 0.5) is 5.82 Å². The number of imidazole rings is 1. The number of benzene rings is 1. The second-order valence-electron chi connectivity index (χ2n) is 3.25. The molecular formula is C11H13N3O2. The molecule has 0 aliphatic rings. The fourth-order valence-electron chi connectivity index (χ4n) is 1.29.